The molecule has 0 unspecified atom stereocenters. The van der Waals surface area contributed by atoms with Crippen molar-refractivity contribution in [3.63, 3.8) is 0 Å². The van der Waals surface area contributed by atoms with Crippen molar-refractivity contribution >= 4 is 17.4 Å². The number of hydrogen-bond donors (Lipinski definition) is 1. The van der Waals surface area contributed by atoms with E-state index in [1.807, 2.05) is 36.6 Å². The van der Waals surface area contributed by atoms with Gasteiger partial charge < -0.3 is 5.32 Å². The Morgan fingerprint density at radius 1 is 1.17 bits per heavy atom. The fraction of sp³-hybridized carbons (Fsp3) is 0.308. The van der Waals surface area contributed by atoms with Gasteiger partial charge in [-0.1, -0.05) is 0 Å². The second-order valence-electron chi connectivity index (χ2n) is 4.65. The summed E-state index contributed by atoms with van der Waals surface area (Å²) in [4.78, 5) is 13.4. The molecule has 92 valence electrons. The van der Waals surface area contributed by atoms with Gasteiger partial charge in [-0.05, 0) is 32.4 Å². The van der Waals surface area contributed by atoms with E-state index < -0.39 is 0 Å². The molecule has 5 heteroatoms. The molecule has 0 spiro atoms. The average Bonchev–Trinajstić information content (AvgIpc) is 2.84. The molecule has 5 nitrogen and oxygen atoms in total. The molecule has 0 aromatic carbocycles. The summed E-state index contributed by atoms with van der Waals surface area (Å²) < 4.78 is 1.95. The third-order valence-electron chi connectivity index (χ3n) is 2.82. The number of nitrogens with zero attached hydrogens (tertiary/aromatic N) is 4. The Morgan fingerprint density at radius 3 is 2.72 bits per heavy atom. The number of imidazole rings is 1. The van der Waals surface area contributed by atoms with Crippen molar-refractivity contribution in [1.82, 2.24) is 14.4 Å². The Labute approximate surface area is 105 Å². The van der Waals surface area contributed by atoms with Crippen molar-refractivity contribution in [2.45, 2.75) is 20.8 Å². The van der Waals surface area contributed by atoms with Crippen molar-refractivity contribution in [1.29, 1.82) is 0 Å². The van der Waals surface area contributed by atoms with Crippen LogP contribution in [-0.2, 0) is 0 Å². The summed E-state index contributed by atoms with van der Waals surface area (Å²) in [5.74, 6) is 1.62. The van der Waals surface area contributed by atoms with Gasteiger partial charge in [0.2, 0.25) is 5.95 Å². The maximum absolute atomic E-state index is 4.50. The predicted molar refractivity (Wildman–Crippen MR) is 72.1 cm³/mol. The molecule has 0 saturated heterocycles. The standard InChI is InChI=1S/C13H15N5/c1-8-4-11(14-6-8)17-13-16-9(2)5-12-15-10(3)7-18(12)13/h4-5,7H,6H2,1-3H3,(H,14,16,17). The average molecular weight is 241 g/mol. The van der Waals surface area contributed by atoms with Gasteiger partial charge in [0.05, 0.1) is 12.2 Å². The van der Waals surface area contributed by atoms with Gasteiger partial charge in [0.15, 0.2) is 0 Å². The minimum atomic E-state index is 0.760. The molecule has 0 fully saturated rings. The minimum Gasteiger partial charge on any atom is -0.310 e. The van der Waals surface area contributed by atoms with Crippen LogP contribution in [0.3, 0.4) is 0 Å². The van der Waals surface area contributed by atoms with E-state index in [1.54, 1.807) is 0 Å². The van der Waals surface area contributed by atoms with Gasteiger partial charge in [-0.15, -0.1) is 0 Å². The summed E-state index contributed by atoms with van der Waals surface area (Å²) in [6.45, 7) is 6.77. The lowest BCUT2D eigenvalue weighted by Gasteiger charge is -2.07. The largest absolute Gasteiger partial charge is 0.310 e. The van der Waals surface area contributed by atoms with Crippen molar-refractivity contribution in [2.75, 3.05) is 11.9 Å². The quantitative estimate of drug-likeness (QED) is 0.832. The number of hydrogen-bond acceptors (Lipinski definition) is 4. The second kappa shape index (κ2) is 3.94. The Morgan fingerprint density at radius 2 is 2.00 bits per heavy atom. The Hall–Kier alpha value is -2.17. The molecule has 3 heterocycles. The van der Waals surface area contributed by atoms with E-state index in [0.717, 1.165) is 35.4 Å². The Balaban J connectivity index is 2.05. The molecule has 0 radical (unpaired) electrons. The van der Waals surface area contributed by atoms with Gasteiger partial charge in [-0.25, -0.2) is 9.97 Å². The Bertz CT molecular complexity index is 678. The van der Waals surface area contributed by atoms with Gasteiger partial charge >= 0.3 is 0 Å². The molecule has 0 atom stereocenters. The molecule has 0 aliphatic carbocycles. The van der Waals surface area contributed by atoms with Gasteiger partial charge in [0.25, 0.3) is 0 Å². The molecular formula is C13H15N5. The lowest BCUT2D eigenvalue weighted by molar-refractivity contribution is 1.06. The van der Waals surface area contributed by atoms with Crippen molar-refractivity contribution in [2.24, 2.45) is 4.99 Å². The summed E-state index contributed by atoms with van der Waals surface area (Å²) in [5, 5.41) is 3.25. The van der Waals surface area contributed by atoms with Crippen LogP contribution in [0, 0.1) is 13.8 Å². The van der Waals surface area contributed by atoms with Crippen LogP contribution < -0.4 is 5.32 Å². The lowest BCUT2D eigenvalue weighted by atomic mass is 10.3. The number of fused-ring (bicyclic) bond motifs is 1. The molecule has 18 heavy (non-hydrogen) atoms. The zero-order chi connectivity index (χ0) is 12.7. The number of nitrogens with one attached hydrogen (secondary N) is 1. The van der Waals surface area contributed by atoms with E-state index in [1.165, 1.54) is 5.57 Å². The van der Waals surface area contributed by atoms with E-state index in [0.29, 0.717) is 0 Å². The third kappa shape index (κ3) is 1.88. The van der Waals surface area contributed by atoms with E-state index in [4.69, 9.17) is 0 Å². The second-order valence-corrected chi connectivity index (χ2v) is 4.65. The highest BCUT2D eigenvalue weighted by molar-refractivity contribution is 6.04. The highest BCUT2D eigenvalue weighted by Gasteiger charge is 2.10. The number of aryl methyl sites for hydroxylation is 2. The number of aromatic nitrogens is 3. The van der Waals surface area contributed by atoms with Crippen LogP contribution >= 0.6 is 0 Å². The van der Waals surface area contributed by atoms with Gasteiger partial charge in [0.1, 0.15) is 11.5 Å². The number of anilines is 1. The molecule has 1 aliphatic heterocycles. The first kappa shape index (κ1) is 11.0. The van der Waals surface area contributed by atoms with Crippen molar-refractivity contribution in [3.8, 4) is 0 Å². The normalized spacial score (nSPS) is 14.8. The molecule has 0 amide bonds. The topological polar surface area (TPSA) is 54.6 Å². The van der Waals surface area contributed by atoms with E-state index in [2.05, 4.69) is 27.2 Å². The van der Waals surface area contributed by atoms with Crippen LogP contribution in [0.25, 0.3) is 5.65 Å². The molecule has 3 rings (SSSR count). The number of amidine groups is 1. The van der Waals surface area contributed by atoms with Crippen LogP contribution in [0.4, 0.5) is 5.95 Å². The maximum atomic E-state index is 4.50. The van der Waals surface area contributed by atoms with E-state index >= 15 is 0 Å². The monoisotopic (exact) mass is 241 g/mol. The summed E-state index contributed by atoms with van der Waals surface area (Å²) in [7, 11) is 0. The van der Waals surface area contributed by atoms with Crippen LogP contribution in [0.2, 0.25) is 0 Å². The highest BCUT2D eigenvalue weighted by Crippen LogP contribution is 2.14. The molecular weight excluding hydrogens is 226 g/mol. The molecule has 1 aliphatic rings. The fourth-order valence-electron chi connectivity index (χ4n) is 2.04. The number of rotatable bonds is 1. The Kier molecular flexibility index (Phi) is 2.40. The van der Waals surface area contributed by atoms with Gasteiger partial charge in [-0.2, -0.15) is 0 Å². The van der Waals surface area contributed by atoms with Crippen LogP contribution in [0.1, 0.15) is 18.3 Å². The van der Waals surface area contributed by atoms with Crippen molar-refractivity contribution in [3.05, 3.63) is 35.3 Å². The van der Waals surface area contributed by atoms with Gasteiger partial charge in [0, 0.05) is 18.0 Å². The zero-order valence-electron chi connectivity index (χ0n) is 10.7. The van der Waals surface area contributed by atoms with Crippen LogP contribution in [0.15, 0.2) is 28.9 Å². The molecule has 0 saturated carbocycles. The lowest BCUT2D eigenvalue weighted by Crippen LogP contribution is -2.12. The SMILES string of the molecule is CC1=CC(Nc2nc(C)cc3nc(C)cn23)=NC1. The van der Waals surface area contributed by atoms with E-state index in [9.17, 15) is 0 Å². The first-order valence-electron chi connectivity index (χ1n) is 5.94. The summed E-state index contributed by atoms with van der Waals surface area (Å²) in [6.07, 6.45) is 4.01. The number of aliphatic imine (C=N–C) groups is 1. The van der Waals surface area contributed by atoms with Gasteiger partial charge in [-0.3, -0.25) is 9.39 Å². The summed E-state index contributed by atoms with van der Waals surface area (Å²) in [6, 6.07) is 1.97. The summed E-state index contributed by atoms with van der Waals surface area (Å²) in [5.41, 5.74) is 4.07. The smallest absolute Gasteiger partial charge is 0.214 e. The highest BCUT2D eigenvalue weighted by atomic mass is 15.2. The zero-order valence-corrected chi connectivity index (χ0v) is 10.7. The third-order valence-corrected chi connectivity index (χ3v) is 2.82. The first-order valence-corrected chi connectivity index (χ1v) is 5.94. The van der Waals surface area contributed by atoms with E-state index in [-0.39, 0.29) is 0 Å². The minimum absolute atomic E-state index is 0.760. The fourth-order valence-corrected chi connectivity index (χ4v) is 2.04. The first-order chi connectivity index (χ1) is 8.61. The van der Waals surface area contributed by atoms with Crippen LogP contribution in [0.5, 0.6) is 0 Å². The van der Waals surface area contributed by atoms with Crippen LogP contribution in [-0.4, -0.2) is 26.7 Å². The van der Waals surface area contributed by atoms with Crippen molar-refractivity contribution < 1.29 is 0 Å². The summed E-state index contributed by atoms with van der Waals surface area (Å²) >= 11 is 0. The molecule has 0 bridgehead atoms. The molecule has 2 aromatic rings. The predicted octanol–water partition coefficient (Wildman–Crippen LogP) is 2.12. The molecule has 1 N–H and O–H groups in total. The maximum Gasteiger partial charge on any atom is 0.214 e. The molecule has 2 aromatic heterocycles.